The van der Waals surface area contributed by atoms with Crippen LogP contribution in [0.5, 0.6) is 11.5 Å². The molecule has 11 heteroatoms. The summed E-state index contributed by atoms with van der Waals surface area (Å²) in [6.45, 7) is 1.53. The van der Waals surface area contributed by atoms with Crippen molar-refractivity contribution < 1.29 is 24.4 Å². The fourth-order valence-corrected chi connectivity index (χ4v) is 10.6. The van der Waals surface area contributed by atoms with E-state index in [-0.39, 0.29) is 0 Å². The molecule has 2 aliphatic rings. The van der Waals surface area contributed by atoms with Gasteiger partial charge >= 0.3 is 0 Å². The molecule has 2 unspecified atom stereocenters. The Morgan fingerprint density at radius 2 is 1.08 bits per heavy atom. The summed E-state index contributed by atoms with van der Waals surface area (Å²) in [7, 11) is 3.31. The topological polar surface area (TPSA) is 127 Å². The number of nitrogens with zero attached hydrogens (tertiary/aromatic N) is 5. The summed E-state index contributed by atoms with van der Waals surface area (Å²) in [5.41, 5.74) is 4.49. The zero-order valence-corrected chi connectivity index (χ0v) is 37.1. The first kappa shape index (κ1) is 43.0. The summed E-state index contributed by atoms with van der Waals surface area (Å²) in [4.78, 5) is 17.0. The lowest BCUT2D eigenvalue weighted by Crippen LogP contribution is -2.58. The lowest BCUT2D eigenvalue weighted by atomic mass is 9.63. The Bertz CT molecular complexity index is 2750. The highest BCUT2D eigenvalue weighted by atomic mass is 16.5. The lowest BCUT2D eigenvalue weighted by molar-refractivity contribution is -0.0931. The molecule has 4 heterocycles. The van der Waals surface area contributed by atoms with Gasteiger partial charge in [-0.2, -0.15) is 0 Å². The summed E-state index contributed by atoms with van der Waals surface area (Å²) in [6.07, 6.45) is 2.16. The third-order valence-electron chi connectivity index (χ3n) is 13.7. The van der Waals surface area contributed by atoms with E-state index in [9.17, 15) is 10.2 Å². The van der Waals surface area contributed by atoms with Crippen LogP contribution in [-0.2, 0) is 15.7 Å². The van der Waals surface area contributed by atoms with E-state index in [0.29, 0.717) is 22.7 Å². The molecule has 3 N–H and O–H groups in total. The zero-order valence-electron chi connectivity index (χ0n) is 37.1. The molecule has 0 radical (unpaired) electrons. The molecule has 66 heavy (non-hydrogen) atoms. The molecule has 10 rings (SSSR count). The summed E-state index contributed by atoms with van der Waals surface area (Å²) in [5.74, 6) is 1.94. The number of benzene rings is 6. The van der Waals surface area contributed by atoms with Crippen LogP contribution in [0.4, 0.5) is 5.82 Å². The Morgan fingerprint density at radius 3 is 1.59 bits per heavy atom. The Kier molecular flexibility index (Phi) is 12.1. The van der Waals surface area contributed by atoms with Gasteiger partial charge in [0.15, 0.2) is 23.2 Å². The number of ether oxygens (including phenoxy) is 3. The second-order valence-electron chi connectivity index (χ2n) is 17.2. The second-order valence-corrected chi connectivity index (χ2v) is 17.2. The normalized spacial score (nSPS) is 19.6. The Labute approximate surface area is 385 Å². The van der Waals surface area contributed by atoms with E-state index < -0.39 is 41.5 Å². The van der Waals surface area contributed by atoms with E-state index in [4.69, 9.17) is 29.2 Å². The third-order valence-corrected chi connectivity index (χ3v) is 13.7. The molecule has 0 aliphatic carbocycles. The zero-order chi connectivity index (χ0) is 45.1. The highest BCUT2D eigenvalue weighted by Gasteiger charge is 2.57. The average molecular weight is 879 g/mol. The Balaban J connectivity index is 1.11. The van der Waals surface area contributed by atoms with Crippen LogP contribution in [0.15, 0.2) is 183 Å². The summed E-state index contributed by atoms with van der Waals surface area (Å²) >= 11 is 0. The Morgan fingerprint density at radius 1 is 0.606 bits per heavy atom. The standard InChI is InChI=1S/C55H54N6O5/c1-64-44-30-26-40(27-31-44)54(38-18-8-3-9-19-38,39-20-10-4-11-21-39)50(63)49-47(60-34-16-7-17-35-60)48(62)53(66-49)61-37-58-46-51(56-36-57-52(46)61)59-55(41-22-12-5-13-23-41,42-24-14-6-15-25-42)43-28-32-45(65-2)33-29-43/h3-6,8-15,18-33,36-37,47-50,53,62-63H,7,16-17,34-35H2,1-2H3,(H,56,57,59)/t47?,48-,49+,50?,53-/m1/s1. The summed E-state index contributed by atoms with van der Waals surface area (Å²) in [5, 5.41) is 30.3. The first-order valence-electron chi connectivity index (χ1n) is 22.7. The molecule has 2 aromatic heterocycles. The molecule has 0 amide bonds. The van der Waals surface area contributed by atoms with Crippen LogP contribution in [0.1, 0.15) is 58.9 Å². The van der Waals surface area contributed by atoms with Gasteiger partial charge < -0.3 is 29.7 Å². The predicted molar refractivity (Wildman–Crippen MR) is 256 cm³/mol. The highest BCUT2D eigenvalue weighted by molar-refractivity contribution is 5.84. The quantitative estimate of drug-likeness (QED) is 0.0914. The van der Waals surface area contributed by atoms with Gasteiger partial charge in [0, 0.05) is 0 Å². The number of anilines is 1. The van der Waals surface area contributed by atoms with Crippen molar-refractivity contribution in [2.24, 2.45) is 0 Å². The van der Waals surface area contributed by atoms with Gasteiger partial charge in [-0.25, -0.2) is 15.0 Å². The highest BCUT2D eigenvalue weighted by Crippen LogP contribution is 2.49. The fourth-order valence-electron chi connectivity index (χ4n) is 10.6. The number of nitrogens with one attached hydrogen (secondary N) is 1. The van der Waals surface area contributed by atoms with E-state index in [1.54, 1.807) is 25.1 Å². The minimum atomic E-state index is -1.19. The maximum absolute atomic E-state index is 13.6. The number of aromatic nitrogens is 4. The molecule has 2 aliphatic heterocycles. The number of rotatable bonds is 14. The molecule has 6 aromatic carbocycles. The number of methoxy groups -OCH3 is 2. The molecular formula is C55H54N6O5. The first-order valence-corrected chi connectivity index (χ1v) is 22.7. The number of piperidine rings is 1. The van der Waals surface area contributed by atoms with Gasteiger partial charge in [-0.3, -0.25) is 9.47 Å². The number of aliphatic hydroxyl groups is 2. The van der Waals surface area contributed by atoms with Gasteiger partial charge in [0.05, 0.1) is 38.1 Å². The molecule has 334 valence electrons. The maximum Gasteiger partial charge on any atom is 0.167 e. The van der Waals surface area contributed by atoms with Crippen molar-refractivity contribution in [2.75, 3.05) is 32.6 Å². The smallest absolute Gasteiger partial charge is 0.167 e. The number of hydrogen-bond acceptors (Lipinski definition) is 10. The van der Waals surface area contributed by atoms with E-state index >= 15 is 0 Å². The largest absolute Gasteiger partial charge is 0.497 e. The first-order chi connectivity index (χ1) is 32.5. The molecular weight excluding hydrogens is 825 g/mol. The summed E-state index contributed by atoms with van der Waals surface area (Å²) < 4.78 is 20.2. The minimum absolute atomic E-state index is 0.473. The molecule has 0 saturated carbocycles. The van der Waals surface area contributed by atoms with Crippen LogP contribution in [0, 0.1) is 0 Å². The van der Waals surface area contributed by atoms with Crippen molar-refractivity contribution in [1.29, 1.82) is 0 Å². The molecule has 0 bridgehead atoms. The number of aliphatic hydroxyl groups excluding tert-OH is 2. The van der Waals surface area contributed by atoms with Crippen LogP contribution in [-0.4, -0.2) is 86.3 Å². The van der Waals surface area contributed by atoms with Crippen LogP contribution in [0.25, 0.3) is 11.2 Å². The van der Waals surface area contributed by atoms with Crippen molar-refractivity contribution in [3.8, 4) is 11.5 Å². The van der Waals surface area contributed by atoms with Crippen molar-refractivity contribution in [3.63, 3.8) is 0 Å². The number of likely N-dealkylation sites (tertiary alicyclic amines) is 1. The van der Waals surface area contributed by atoms with E-state index in [1.807, 2.05) is 109 Å². The average Bonchev–Trinajstić information content (AvgIpc) is 3.98. The predicted octanol–water partition coefficient (Wildman–Crippen LogP) is 8.76. The van der Waals surface area contributed by atoms with Gasteiger partial charge in [0.1, 0.15) is 35.6 Å². The van der Waals surface area contributed by atoms with Crippen molar-refractivity contribution >= 4 is 17.0 Å². The van der Waals surface area contributed by atoms with E-state index in [2.05, 4.69) is 70.9 Å². The van der Waals surface area contributed by atoms with Crippen LogP contribution < -0.4 is 14.8 Å². The van der Waals surface area contributed by atoms with Gasteiger partial charge in [-0.05, 0) is 83.6 Å². The van der Waals surface area contributed by atoms with Crippen molar-refractivity contribution in [2.45, 2.75) is 60.8 Å². The van der Waals surface area contributed by atoms with Gasteiger partial charge in [-0.15, -0.1) is 0 Å². The van der Waals surface area contributed by atoms with Crippen LogP contribution in [0.2, 0.25) is 0 Å². The molecule has 2 saturated heterocycles. The molecule has 0 spiro atoms. The number of fused-ring (bicyclic) bond motifs is 1. The number of hydrogen-bond donors (Lipinski definition) is 3. The van der Waals surface area contributed by atoms with Crippen molar-refractivity contribution in [1.82, 2.24) is 24.4 Å². The van der Waals surface area contributed by atoms with E-state index in [0.717, 1.165) is 71.5 Å². The molecule has 8 aromatic rings. The maximum atomic E-state index is 13.6. The van der Waals surface area contributed by atoms with Gasteiger partial charge in [-0.1, -0.05) is 152 Å². The fraction of sp³-hybridized carbons (Fsp3) is 0.255. The lowest BCUT2D eigenvalue weighted by Gasteiger charge is -2.45. The van der Waals surface area contributed by atoms with E-state index in [1.165, 1.54) is 6.33 Å². The van der Waals surface area contributed by atoms with Crippen LogP contribution in [0.3, 0.4) is 0 Å². The molecule has 11 nitrogen and oxygen atoms in total. The SMILES string of the molecule is COc1ccc(C(Nc2ncnc3c2ncn3[C@@H]2O[C@H](C(O)C(c3ccccc3)(c3ccccc3)c3ccc(OC)cc3)C(N3CCCCC3)[C@H]2O)(c2ccccc2)c2ccccc2)cc1. The van der Waals surface area contributed by atoms with Gasteiger partial charge in [0.2, 0.25) is 0 Å². The minimum Gasteiger partial charge on any atom is -0.497 e. The van der Waals surface area contributed by atoms with Crippen molar-refractivity contribution in [3.05, 3.63) is 216 Å². The molecule has 5 atom stereocenters. The molecule has 2 fully saturated rings. The second kappa shape index (κ2) is 18.5. The summed E-state index contributed by atoms with van der Waals surface area (Å²) in [6, 6.07) is 56.1. The monoisotopic (exact) mass is 878 g/mol. The Hall–Kier alpha value is -6.89. The number of imidazole rings is 1. The van der Waals surface area contributed by atoms with Gasteiger partial charge in [0.25, 0.3) is 0 Å². The van der Waals surface area contributed by atoms with Crippen LogP contribution >= 0.6 is 0 Å². The third kappa shape index (κ3) is 7.47.